The molecule has 2 rings (SSSR count). The molecule has 2 aromatic rings. The minimum atomic E-state index is 0.489. The van der Waals surface area contributed by atoms with Gasteiger partial charge in [-0.15, -0.1) is 0 Å². The van der Waals surface area contributed by atoms with E-state index in [1.54, 1.807) is 6.20 Å². The van der Waals surface area contributed by atoms with Gasteiger partial charge in [0.1, 0.15) is 5.75 Å². The summed E-state index contributed by atoms with van der Waals surface area (Å²) in [6, 6.07) is 7.83. The molecule has 0 atom stereocenters. The normalized spacial score (nSPS) is 10.5. The summed E-state index contributed by atoms with van der Waals surface area (Å²) in [5.74, 6) is 1.66. The summed E-state index contributed by atoms with van der Waals surface area (Å²) < 4.78 is 13.1. The van der Waals surface area contributed by atoms with Gasteiger partial charge < -0.3 is 15.2 Å². The van der Waals surface area contributed by atoms with Crippen LogP contribution in [0.5, 0.6) is 11.5 Å². The largest absolute Gasteiger partial charge is 0.493 e. The zero-order valence-corrected chi connectivity index (χ0v) is 11.8. The topological polar surface area (TPSA) is 62.3 Å². The highest BCUT2D eigenvalue weighted by Gasteiger charge is 2.01. The maximum absolute atomic E-state index is 5.71. The summed E-state index contributed by atoms with van der Waals surface area (Å²) in [5.41, 5.74) is 6.68. The molecule has 0 spiro atoms. The lowest BCUT2D eigenvalue weighted by molar-refractivity contribution is 0.246. The SMILES string of the molecule is CCn1cc(OCCCOc2ccccc2CN)cn1. The number of hydrogen-bond donors (Lipinski definition) is 1. The van der Waals surface area contributed by atoms with E-state index >= 15 is 0 Å². The Bertz CT molecular complexity index is 525. The lowest BCUT2D eigenvalue weighted by atomic mass is 10.2. The van der Waals surface area contributed by atoms with E-state index in [-0.39, 0.29) is 0 Å². The Labute approximate surface area is 119 Å². The molecule has 0 saturated carbocycles. The molecule has 0 aliphatic heterocycles. The van der Waals surface area contributed by atoms with Gasteiger partial charge in [0.15, 0.2) is 5.75 Å². The summed E-state index contributed by atoms with van der Waals surface area (Å²) in [4.78, 5) is 0. The third-order valence-electron chi connectivity index (χ3n) is 2.94. The Kier molecular flexibility index (Phi) is 5.43. The van der Waals surface area contributed by atoms with Crippen molar-refractivity contribution in [2.75, 3.05) is 13.2 Å². The smallest absolute Gasteiger partial charge is 0.157 e. The summed E-state index contributed by atoms with van der Waals surface area (Å²) in [7, 11) is 0. The third-order valence-corrected chi connectivity index (χ3v) is 2.94. The van der Waals surface area contributed by atoms with Crippen molar-refractivity contribution in [3.05, 3.63) is 42.2 Å². The van der Waals surface area contributed by atoms with Crippen molar-refractivity contribution < 1.29 is 9.47 Å². The van der Waals surface area contributed by atoms with E-state index in [4.69, 9.17) is 15.2 Å². The zero-order valence-electron chi connectivity index (χ0n) is 11.8. The second-order valence-electron chi connectivity index (χ2n) is 4.39. The molecule has 0 aliphatic rings. The first-order valence-electron chi connectivity index (χ1n) is 6.89. The molecule has 108 valence electrons. The average molecular weight is 275 g/mol. The Hall–Kier alpha value is -2.01. The number of aromatic nitrogens is 2. The molecule has 0 fully saturated rings. The number of benzene rings is 1. The lowest BCUT2D eigenvalue weighted by Crippen LogP contribution is -2.07. The molecule has 20 heavy (non-hydrogen) atoms. The van der Waals surface area contributed by atoms with E-state index in [9.17, 15) is 0 Å². The van der Waals surface area contributed by atoms with Crippen molar-refractivity contribution >= 4 is 0 Å². The van der Waals surface area contributed by atoms with Gasteiger partial charge in [0.2, 0.25) is 0 Å². The fraction of sp³-hybridized carbons (Fsp3) is 0.400. The van der Waals surface area contributed by atoms with Crippen LogP contribution in [-0.2, 0) is 13.1 Å². The zero-order chi connectivity index (χ0) is 14.2. The van der Waals surface area contributed by atoms with Gasteiger partial charge in [-0.25, -0.2) is 0 Å². The summed E-state index contributed by atoms with van der Waals surface area (Å²) in [6.45, 7) is 4.60. The first kappa shape index (κ1) is 14.4. The predicted octanol–water partition coefficient (Wildman–Crippen LogP) is 2.21. The van der Waals surface area contributed by atoms with Crippen molar-refractivity contribution in [3.63, 3.8) is 0 Å². The molecule has 0 amide bonds. The molecule has 5 heteroatoms. The molecular formula is C15H21N3O2. The quantitative estimate of drug-likeness (QED) is 0.750. The van der Waals surface area contributed by atoms with Crippen molar-refractivity contribution in [2.24, 2.45) is 5.73 Å². The van der Waals surface area contributed by atoms with Crippen molar-refractivity contribution in [1.29, 1.82) is 0 Å². The van der Waals surface area contributed by atoms with Gasteiger partial charge in [-0.3, -0.25) is 4.68 Å². The molecule has 0 unspecified atom stereocenters. The summed E-state index contributed by atoms with van der Waals surface area (Å²) in [5, 5.41) is 4.15. The molecule has 0 bridgehead atoms. The van der Waals surface area contributed by atoms with Gasteiger partial charge in [-0.2, -0.15) is 5.10 Å². The maximum atomic E-state index is 5.71. The Morgan fingerprint density at radius 2 is 2.00 bits per heavy atom. The van der Waals surface area contributed by atoms with E-state index in [0.717, 1.165) is 30.0 Å². The number of ether oxygens (including phenoxy) is 2. The minimum Gasteiger partial charge on any atom is -0.493 e. The van der Waals surface area contributed by atoms with Gasteiger partial charge >= 0.3 is 0 Å². The highest BCUT2D eigenvalue weighted by Crippen LogP contribution is 2.17. The van der Waals surface area contributed by atoms with Gasteiger partial charge in [0, 0.05) is 25.1 Å². The van der Waals surface area contributed by atoms with Crippen molar-refractivity contribution in [1.82, 2.24) is 9.78 Å². The fourth-order valence-corrected chi connectivity index (χ4v) is 1.84. The molecule has 5 nitrogen and oxygen atoms in total. The van der Waals surface area contributed by atoms with E-state index in [1.807, 2.05) is 42.1 Å². The van der Waals surface area contributed by atoms with Crippen LogP contribution in [0.1, 0.15) is 18.9 Å². The van der Waals surface area contributed by atoms with Crippen LogP contribution < -0.4 is 15.2 Å². The van der Waals surface area contributed by atoms with Crippen molar-refractivity contribution in [3.8, 4) is 11.5 Å². The second kappa shape index (κ2) is 7.55. The van der Waals surface area contributed by atoms with Crippen LogP contribution in [0, 0.1) is 0 Å². The van der Waals surface area contributed by atoms with Crippen LogP contribution in [0.25, 0.3) is 0 Å². The third kappa shape index (κ3) is 3.99. The molecular weight excluding hydrogens is 254 g/mol. The van der Waals surface area contributed by atoms with Crippen LogP contribution in [-0.4, -0.2) is 23.0 Å². The monoisotopic (exact) mass is 275 g/mol. The molecule has 0 saturated heterocycles. The van der Waals surface area contributed by atoms with Crippen LogP contribution in [0.2, 0.25) is 0 Å². The standard InChI is InChI=1S/C15H21N3O2/c1-2-18-12-14(11-17-18)19-8-5-9-20-15-7-4-3-6-13(15)10-16/h3-4,6-7,11-12H,2,5,8-10,16H2,1H3. The van der Waals surface area contributed by atoms with E-state index in [1.165, 1.54) is 0 Å². The number of nitrogens with two attached hydrogens (primary N) is 1. The average Bonchev–Trinajstić information content (AvgIpc) is 2.95. The number of para-hydroxylation sites is 1. The fourth-order valence-electron chi connectivity index (χ4n) is 1.84. The van der Waals surface area contributed by atoms with E-state index < -0.39 is 0 Å². The number of aryl methyl sites for hydroxylation is 1. The Balaban J connectivity index is 1.68. The van der Waals surface area contributed by atoms with Gasteiger partial charge in [0.05, 0.1) is 25.6 Å². The second-order valence-corrected chi connectivity index (χ2v) is 4.39. The van der Waals surface area contributed by atoms with Crippen LogP contribution in [0.15, 0.2) is 36.7 Å². The molecule has 2 N–H and O–H groups in total. The number of hydrogen-bond acceptors (Lipinski definition) is 4. The predicted molar refractivity (Wildman–Crippen MR) is 77.8 cm³/mol. The molecule has 1 heterocycles. The maximum Gasteiger partial charge on any atom is 0.157 e. The van der Waals surface area contributed by atoms with Crippen LogP contribution >= 0.6 is 0 Å². The minimum absolute atomic E-state index is 0.489. The number of nitrogens with zero attached hydrogens (tertiary/aromatic N) is 2. The lowest BCUT2D eigenvalue weighted by Gasteiger charge is -2.10. The van der Waals surface area contributed by atoms with E-state index in [0.29, 0.717) is 19.8 Å². The van der Waals surface area contributed by atoms with Gasteiger partial charge in [0.25, 0.3) is 0 Å². The molecule has 1 aromatic carbocycles. The van der Waals surface area contributed by atoms with Crippen LogP contribution in [0.4, 0.5) is 0 Å². The first-order chi connectivity index (χ1) is 9.83. The number of rotatable bonds is 8. The van der Waals surface area contributed by atoms with E-state index in [2.05, 4.69) is 5.10 Å². The highest BCUT2D eigenvalue weighted by atomic mass is 16.5. The van der Waals surface area contributed by atoms with Crippen LogP contribution in [0.3, 0.4) is 0 Å². The summed E-state index contributed by atoms with van der Waals surface area (Å²) >= 11 is 0. The first-order valence-corrected chi connectivity index (χ1v) is 6.89. The molecule has 0 radical (unpaired) electrons. The summed E-state index contributed by atoms with van der Waals surface area (Å²) in [6.07, 6.45) is 4.44. The Morgan fingerprint density at radius 3 is 2.75 bits per heavy atom. The Morgan fingerprint density at radius 1 is 1.20 bits per heavy atom. The van der Waals surface area contributed by atoms with Crippen molar-refractivity contribution in [2.45, 2.75) is 26.4 Å². The van der Waals surface area contributed by atoms with Gasteiger partial charge in [-0.05, 0) is 13.0 Å². The molecule has 1 aromatic heterocycles. The highest BCUT2D eigenvalue weighted by molar-refractivity contribution is 5.32. The van der Waals surface area contributed by atoms with Gasteiger partial charge in [-0.1, -0.05) is 18.2 Å². The molecule has 0 aliphatic carbocycles.